The fourth-order valence-corrected chi connectivity index (χ4v) is 0.671. The van der Waals surface area contributed by atoms with Crippen molar-refractivity contribution in [1.82, 2.24) is 0 Å². The molecule has 6 heteroatoms. The molecule has 8 heavy (non-hydrogen) atoms. The van der Waals surface area contributed by atoms with Crippen LogP contribution in [0.15, 0.2) is 0 Å². The van der Waals surface area contributed by atoms with Crippen LogP contribution in [0.1, 0.15) is 0 Å². The van der Waals surface area contributed by atoms with Crippen LogP contribution in [0.4, 0.5) is 0 Å². The van der Waals surface area contributed by atoms with Crippen LogP contribution in [0.3, 0.4) is 0 Å². The van der Waals surface area contributed by atoms with E-state index in [-0.39, 0.29) is 32.7 Å². The predicted octanol–water partition coefficient (Wildman–Crippen LogP) is 1.21. The topological polar surface area (TPSA) is 29.5 Å². The Morgan fingerprint density at radius 2 is 2.12 bits per heavy atom. The van der Waals surface area contributed by atoms with Crippen LogP contribution >= 0.6 is 17.1 Å². The van der Waals surface area contributed by atoms with Crippen LogP contribution in [0.2, 0.25) is 0 Å². The molecule has 0 fully saturated rings. The zero-order valence-corrected chi connectivity index (χ0v) is 10.1. The van der Waals surface area contributed by atoms with E-state index in [4.69, 9.17) is 4.89 Å². The summed E-state index contributed by atoms with van der Waals surface area (Å²) in [5, 5.41) is 0. The quantitative estimate of drug-likeness (QED) is 0.743. The maximum absolute atomic E-state index is 8.80. The van der Waals surface area contributed by atoms with Gasteiger partial charge in [-0.1, -0.05) is 11.4 Å². The Labute approximate surface area is 83.6 Å². The molecule has 1 atom stereocenters. The molecule has 1 N–H and O–H groups in total. The molecular weight excluding hydrogens is 240 g/mol. The van der Waals surface area contributed by atoms with Crippen LogP contribution in [0.25, 0.3) is 0 Å². The summed E-state index contributed by atoms with van der Waals surface area (Å²) >= 11 is 5.74. The van der Waals surface area contributed by atoms with Crippen molar-refractivity contribution in [1.29, 1.82) is 0 Å². The van der Waals surface area contributed by atoms with Crippen molar-refractivity contribution in [3.05, 3.63) is 0 Å². The minimum atomic E-state index is -2.40. The third kappa shape index (κ3) is 6.15. The molecule has 1 unspecified atom stereocenters. The minimum absolute atomic E-state index is 0. The second-order valence-electron chi connectivity index (χ2n) is 0.834. The normalized spacial score (nSPS) is 16.4. The first-order valence-corrected chi connectivity index (χ1v) is 6.07. The van der Waals surface area contributed by atoms with Crippen molar-refractivity contribution >= 4 is 28.9 Å². The summed E-state index contributed by atoms with van der Waals surface area (Å²) in [6.07, 6.45) is 1.73. The Balaban J connectivity index is 0. The van der Waals surface area contributed by atoms with E-state index in [1.807, 2.05) is 0 Å². The third-order valence-corrected chi connectivity index (χ3v) is 5.00. The van der Waals surface area contributed by atoms with Crippen LogP contribution in [-0.4, -0.2) is 18.3 Å². The summed E-state index contributed by atoms with van der Waals surface area (Å²) in [7, 11) is 1.41. The van der Waals surface area contributed by atoms with Crippen LogP contribution in [0, 0.1) is 0 Å². The first kappa shape index (κ1) is 12.7. The number of hydrogen-bond acceptors (Lipinski definition) is 3. The number of rotatable bonds is 2. The SMILES string of the molecule is COP(O)(=S)SC.[Y]. The zero-order chi connectivity index (χ0) is 5.91. The maximum Gasteiger partial charge on any atom is 0.244 e. The smallest absolute Gasteiger partial charge is 0.244 e. The summed E-state index contributed by atoms with van der Waals surface area (Å²) in [6, 6.07) is 0. The van der Waals surface area contributed by atoms with Gasteiger partial charge in [-0.3, -0.25) is 0 Å². The van der Waals surface area contributed by atoms with E-state index >= 15 is 0 Å². The van der Waals surface area contributed by atoms with Gasteiger partial charge in [0.15, 0.2) is 0 Å². The van der Waals surface area contributed by atoms with Crippen molar-refractivity contribution in [2.45, 2.75) is 0 Å². The summed E-state index contributed by atoms with van der Waals surface area (Å²) in [5.41, 5.74) is -2.40. The molecule has 2 nitrogen and oxygen atoms in total. The molecule has 0 aliphatic heterocycles. The molecule has 0 saturated carbocycles. The van der Waals surface area contributed by atoms with Crippen molar-refractivity contribution in [3.8, 4) is 0 Å². The summed E-state index contributed by atoms with van der Waals surface area (Å²) < 4.78 is 4.53. The molecule has 0 aromatic carbocycles. The predicted molar refractivity (Wildman–Crippen MR) is 37.0 cm³/mol. The van der Waals surface area contributed by atoms with Gasteiger partial charge in [-0.15, -0.1) is 0 Å². The Morgan fingerprint density at radius 3 is 2.12 bits per heavy atom. The molecule has 0 aliphatic carbocycles. The molecular formula is C2H7O2PS2Y. The molecule has 47 valence electrons. The second kappa shape index (κ2) is 5.78. The molecule has 0 saturated heterocycles. The molecule has 0 heterocycles. The maximum atomic E-state index is 8.80. The van der Waals surface area contributed by atoms with Gasteiger partial charge in [-0.05, 0) is 18.1 Å². The van der Waals surface area contributed by atoms with Crippen LogP contribution in [-0.2, 0) is 49.0 Å². The fraction of sp³-hybridized carbons (Fsp3) is 1.00. The van der Waals surface area contributed by atoms with Crippen molar-refractivity contribution in [2.75, 3.05) is 13.4 Å². The Bertz CT molecular complexity index is 90.0. The van der Waals surface area contributed by atoms with E-state index in [0.29, 0.717) is 0 Å². The minimum Gasteiger partial charge on any atom is -0.337 e. The van der Waals surface area contributed by atoms with Gasteiger partial charge < -0.3 is 9.42 Å². The van der Waals surface area contributed by atoms with Gasteiger partial charge in [0.1, 0.15) is 0 Å². The van der Waals surface area contributed by atoms with Crippen molar-refractivity contribution < 1.29 is 42.1 Å². The van der Waals surface area contributed by atoms with E-state index in [2.05, 4.69) is 16.3 Å². The Kier molecular flexibility index (Phi) is 9.16. The average molecular weight is 247 g/mol. The average Bonchev–Trinajstić information content (AvgIpc) is 1.68. The molecule has 0 aromatic heterocycles. The summed E-state index contributed by atoms with van der Waals surface area (Å²) in [6.45, 7) is 0. The first-order chi connectivity index (χ1) is 3.12. The Morgan fingerprint density at radius 1 is 1.75 bits per heavy atom. The van der Waals surface area contributed by atoms with Gasteiger partial charge >= 0.3 is 0 Å². The van der Waals surface area contributed by atoms with Gasteiger partial charge in [0.25, 0.3) is 0 Å². The molecule has 0 rings (SSSR count). The van der Waals surface area contributed by atoms with Crippen LogP contribution < -0.4 is 0 Å². The van der Waals surface area contributed by atoms with E-state index in [9.17, 15) is 0 Å². The Hall–Kier alpha value is 2.02. The fourth-order valence-electron chi connectivity index (χ4n) is 0.0745. The van der Waals surface area contributed by atoms with Gasteiger partial charge in [0.2, 0.25) is 5.69 Å². The molecule has 1 radical (unpaired) electrons. The van der Waals surface area contributed by atoms with Crippen LogP contribution in [0.5, 0.6) is 0 Å². The molecule has 0 amide bonds. The van der Waals surface area contributed by atoms with Crippen molar-refractivity contribution in [2.24, 2.45) is 0 Å². The van der Waals surface area contributed by atoms with Crippen molar-refractivity contribution in [3.63, 3.8) is 0 Å². The van der Waals surface area contributed by atoms with Gasteiger partial charge in [0, 0.05) is 39.8 Å². The molecule has 0 aromatic rings. The third-order valence-electron chi connectivity index (χ3n) is 0.461. The zero-order valence-electron chi connectivity index (χ0n) is 4.70. The second-order valence-corrected chi connectivity index (χ2v) is 7.26. The van der Waals surface area contributed by atoms with E-state index in [1.54, 1.807) is 6.26 Å². The molecule has 0 spiro atoms. The largest absolute Gasteiger partial charge is 0.337 e. The first-order valence-electron chi connectivity index (χ1n) is 1.56. The standard InChI is InChI=1S/C2H7O2PS2.Y/c1-4-5(3,6)7-2;/h1-2H3,(H,3,6);. The van der Waals surface area contributed by atoms with E-state index in [0.717, 1.165) is 0 Å². The number of hydrogen-bond donors (Lipinski definition) is 1. The van der Waals surface area contributed by atoms with Gasteiger partial charge in [0.05, 0.1) is 0 Å². The monoisotopic (exact) mass is 247 g/mol. The summed E-state index contributed by atoms with van der Waals surface area (Å²) in [5.74, 6) is 0. The van der Waals surface area contributed by atoms with Gasteiger partial charge in [-0.2, -0.15) is 0 Å². The van der Waals surface area contributed by atoms with E-state index in [1.165, 1.54) is 18.5 Å². The molecule has 0 aliphatic rings. The van der Waals surface area contributed by atoms with E-state index < -0.39 is 5.69 Å². The summed E-state index contributed by atoms with van der Waals surface area (Å²) in [4.78, 5) is 8.80. The molecule has 0 bridgehead atoms. The van der Waals surface area contributed by atoms with Gasteiger partial charge in [-0.25, -0.2) is 0 Å².